The Morgan fingerprint density at radius 2 is 2.20 bits per heavy atom. The second-order valence-corrected chi connectivity index (χ2v) is 2.13. The Morgan fingerprint density at radius 1 is 1.50 bits per heavy atom. The van der Waals surface area contributed by atoms with E-state index < -0.39 is 0 Å². The van der Waals surface area contributed by atoms with Crippen LogP contribution in [0.1, 0.15) is 20.3 Å². The van der Waals surface area contributed by atoms with Crippen molar-refractivity contribution in [3.05, 3.63) is 0 Å². The van der Waals surface area contributed by atoms with Gasteiger partial charge in [-0.25, -0.2) is 0 Å². The summed E-state index contributed by atoms with van der Waals surface area (Å²) < 4.78 is 0. The minimum atomic E-state index is 0.826. The summed E-state index contributed by atoms with van der Waals surface area (Å²) >= 11 is 0. The molecule has 0 radical (unpaired) electrons. The molecule has 0 rings (SSSR count). The van der Waals surface area contributed by atoms with E-state index in [1.54, 1.807) is 0 Å². The summed E-state index contributed by atoms with van der Waals surface area (Å²) in [6.45, 7) is 5.97. The zero-order valence-electron chi connectivity index (χ0n) is 7.09. The first-order chi connectivity index (χ1) is 4.81. The van der Waals surface area contributed by atoms with Crippen LogP contribution >= 0.6 is 0 Å². The third-order valence-corrected chi connectivity index (χ3v) is 1.05. The summed E-state index contributed by atoms with van der Waals surface area (Å²) in [5.74, 6) is 0. The van der Waals surface area contributed by atoms with Crippen molar-refractivity contribution in [3.63, 3.8) is 0 Å². The summed E-state index contributed by atoms with van der Waals surface area (Å²) in [4.78, 5) is 0. The summed E-state index contributed by atoms with van der Waals surface area (Å²) in [6, 6.07) is 0. The zero-order valence-corrected chi connectivity index (χ0v) is 7.09. The fourth-order valence-corrected chi connectivity index (χ4v) is 0.535. The summed E-state index contributed by atoms with van der Waals surface area (Å²) in [6.07, 6.45) is 2.90. The fraction of sp³-hybridized carbons (Fsp3) is 0.857. The zero-order chi connectivity index (χ0) is 7.82. The Hall–Kier alpha value is -0.570. The first-order valence-corrected chi connectivity index (χ1v) is 3.75. The van der Waals surface area contributed by atoms with Crippen molar-refractivity contribution < 1.29 is 0 Å². The number of hydrogen-bond donors (Lipinski definition) is 1. The molecule has 3 heteroatoms. The van der Waals surface area contributed by atoms with E-state index in [9.17, 15) is 0 Å². The highest BCUT2D eigenvalue weighted by atomic mass is 15.5. The third kappa shape index (κ3) is 5.56. The van der Waals surface area contributed by atoms with Crippen molar-refractivity contribution in [1.29, 1.82) is 0 Å². The van der Waals surface area contributed by atoms with Crippen molar-refractivity contribution >= 4 is 6.21 Å². The Balaban J connectivity index is 3.24. The minimum absolute atomic E-state index is 0.826. The highest BCUT2D eigenvalue weighted by molar-refractivity contribution is 5.55. The second-order valence-electron chi connectivity index (χ2n) is 2.13. The van der Waals surface area contributed by atoms with E-state index in [-0.39, 0.29) is 0 Å². The number of rotatable bonds is 5. The van der Waals surface area contributed by atoms with Crippen LogP contribution in [-0.2, 0) is 0 Å². The van der Waals surface area contributed by atoms with E-state index in [0.717, 1.165) is 19.6 Å². The predicted octanol–water partition coefficient (Wildman–Crippen LogP) is 0.881. The monoisotopic (exact) mass is 143 g/mol. The van der Waals surface area contributed by atoms with Gasteiger partial charge in [-0.2, -0.15) is 5.10 Å². The number of hydrazone groups is 1. The maximum absolute atomic E-state index is 4.13. The van der Waals surface area contributed by atoms with Crippen molar-refractivity contribution in [2.45, 2.75) is 20.3 Å². The van der Waals surface area contributed by atoms with E-state index in [1.165, 1.54) is 0 Å². The molecular weight excluding hydrogens is 126 g/mol. The molecule has 0 saturated heterocycles. The van der Waals surface area contributed by atoms with Crippen molar-refractivity contribution in [1.82, 2.24) is 10.3 Å². The molecule has 0 aromatic heterocycles. The molecule has 0 atom stereocenters. The van der Waals surface area contributed by atoms with Crippen LogP contribution in [0.25, 0.3) is 0 Å². The molecule has 60 valence electrons. The first kappa shape index (κ1) is 9.43. The standard InChI is InChI=1S/C7H17N3/c1-4-6-9-10(3)7-8-5-2/h6,8H,4-5,7H2,1-3H3/b9-6-. The van der Waals surface area contributed by atoms with E-state index in [1.807, 2.05) is 18.3 Å². The van der Waals surface area contributed by atoms with Crippen LogP contribution in [0.2, 0.25) is 0 Å². The molecule has 0 aliphatic carbocycles. The Morgan fingerprint density at radius 3 is 2.70 bits per heavy atom. The molecular formula is C7H17N3. The molecule has 0 spiro atoms. The molecule has 0 heterocycles. The summed E-state index contributed by atoms with van der Waals surface area (Å²) in [7, 11) is 1.95. The molecule has 0 amide bonds. The molecule has 0 aliphatic rings. The number of hydrogen-bond acceptors (Lipinski definition) is 3. The van der Waals surface area contributed by atoms with Crippen LogP contribution in [0.15, 0.2) is 5.10 Å². The van der Waals surface area contributed by atoms with Crippen LogP contribution < -0.4 is 5.32 Å². The van der Waals surface area contributed by atoms with Gasteiger partial charge in [0.2, 0.25) is 0 Å². The number of nitrogens with one attached hydrogen (secondary N) is 1. The summed E-state index contributed by atoms with van der Waals surface area (Å²) in [5, 5.41) is 9.18. The lowest BCUT2D eigenvalue weighted by Crippen LogP contribution is -2.27. The van der Waals surface area contributed by atoms with Crippen LogP contribution in [0.3, 0.4) is 0 Å². The van der Waals surface area contributed by atoms with E-state index in [4.69, 9.17) is 0 Å². The van der Waals surface area contributed by atoms with E-state index >= 15 is 0 Å². The van der Waals surface area contributed by atoms with Gasteiger partial charge in [0.25, 0.3) is 0 Å². The first-order valence-electron chi connectivity index (χ1n) is 3.75. The van der Waals surface area contributed by atoms with Gasteiger partial charge in [-0.15, -0.1) is 0 Å². The highest BCUT2D eigenvalue weighted by Gasteiger charge is 1.85. The van der Waals surface area contributed by atoms with E-state index in [2.05, 4.69) is 24.3 Å². The van der Waals surface area contributed by atoms with Gasteiger partial charge in [-0.05, 0) is 13.0 Å². The van der Waals surface area contributed by atoms with Crippen molar-refractivity contribution in [2.24, 2.45) is 5.10 Å². The van der Waals surface area contributed by atoms with Gasteiger partial charge < -0.3 is 0 Å². The SMILES string of the molecule is CC/C=N\N(C)CNCC. The lowest BCUT2D eigenvalue weighted by molar-refractivity contribution is 0.327. The smallest absolute Gasteiger partial charge is 0.0850 e. The molecule has 0 bridgehead atoms. The van der Waals surface area contributed by atoms with Gasteiger partial charge in [-0.1, -0.05) is 13.8 Å². The van der Waals surface area contributed by atoms with Gasteiger partial charge in [0.15, 0.2) is 0 Å². The van der Waals surface area contributed by atoms with Gasteiger partial charge >= 0.3 is 0 Å². The Kier molecular flexibility index (Phi) is 6.18. The van der Waals surface area contributed by atoms with Gasteiger partial charge in [0, 0.05) is 13.3 Å². The topological polar surface area (TPSA) is 27.6 Å². The number of nitrogens with zero attached hydrogens (tertiary/aromatic N) is 2. The Labute approximate surface area is 63.1 Å². The minimum Gasteiger partial charge on any atom is -0.299 e. The maximum Gasteiger partial charge on any atom is 0.0850 e. The van der Waals surface area contributed by atoms with Crippen LogP contribution in [0.4, 0.5) is 0 Å². The Bertz CT molecular complexity index is 90.9. The lowest BCUT2D eigenvalue weighted by atomic mass is 10.6. The highest BCUT2D eigenvalue weighted by Crippen LogP contribution is 1.78. The van der Waals surface area contributed by atoms with Gasteiger partial charge in [0.05, 0.1) is 6.67 Å². The van der Waals surface area contributed by atoms with Crippen LogP contribution in [0, 0.1) is 0 Å². The molecule has 1 N–H and O–H groups in total. The van der Waals surface area contributed by atoms with Gasteiger partial charge in [-0.3, -0.25) is 10.3 Å². The molecule has 0 aromatic rings. The average Bonchev–Trinajstić information content (AvgIpc) is 1.97. The lowest BCUT2D eigenvalue weighted by Gasteiger charge is -2.11. The average molecular weight is 143 g/mol. The third-order valence-electron chi connectivity index (χ3n) is 1.05. The summed E-state index contributed by atoms with van der Waals surface area (Å²) in [5.41, 5.74) is 0. The maximum atomic E-state index is 4.13. The normalized spacial score (nSPS) is 10.7. The van der Waals surface area contributed by atoms with Gasteiger partial charge in [0.1, 0.15) is 0 Å². The quantitative estimate of drug-likeness (QED) is 0.351. The molecule has 0 aliphatic heterocycles. The van der Waals surface area contributed by atoms with Crippen molar-refractivity contribution in [3.8, 4) is 0 Å². The molecule has 0 aromatic carbocycles. The van der Waals surface area contributed by atoms with Crippen LogP contribution in [0.5, 0.6) is 0 Å². The molecule has 0 fully saturated rings. The molecule has 10 heavy (non-hydrogen) atoms. The second kappa shape index (κ2) is 6.55. The van der Waals surface area contributed by atoms with E-state index in [0.29, 0.717) is 0 Å². The fourth-order valence-electron chi connectivity index (χ4n) is 0.535. The predicted molar refractivity (Wildman–Crippen MR) is 45.1 cm³/mol. The van der Waals surface area contributed by atoms with Crippen LogP contribution in [-0.4, -0.2) is 31.5 Å². The van der Waals surface area contributed by atoms with Crippen molar-refractivity contribution in [2.75, 3.05) is 20.3 Å². The molecule has 0 unspecified atom stereocenters. The molecule has 0 saturated carbocycles. The molecule has 3 nitrogen and oxygen atoms in total. The largest absolute Gasteiger partial charge is 0.299 e.